The Morgan fingerprint density at radius 2 is 2.31 bits per heavy atom. The van der Waals surface area contributed by atoms with E-state index in [-0.39, 0.29) is 11.6 Å². The van der Waals surface area contributed by atoms with Crippen LogP contribution in [-0.4, -0.2) is 11.6 Å². The number of ether oxygens (including phenoxy) is 1. The van der Waals surface area contributed by atoms with Crippen LogP contribution in [0, 0.1) is 17.8 Å². The molecule has 0 saturated heterocycles. The summed E-state index contributed by atoms with van der Waals surface area (Å²) in [5.74, 6) is 1.77. The van der Waals surface area contributed by atoms with E-state index >= 15 is 0 Å². The van der Waals surface area contributed by atoms with Gasteiger partial charge in [-0.15, -0.1) is 0 Å². The van der Waals surface area contributed by atoms with Gasteiger partial charge >= 0.3 is 5.97 Å². The van der Waals surface area contributed by atoms with Gasteiger partial charge in [0.15, 0.2) is 0 Å². The number of esters is 1. The van der Waals surface area contributed by atoms with Crippen molar-refractivity contribution in [2.24, 2.45) is 17.8 Å². The van der Waals surface area contributed by atoms with Crippen LogP contribution in [0.5, 0.6) is 0 Å². The van der Waals surface area contributed by atoms with Gasteiger partial charge in [-0.05, 0) is 44.1 Å². The maximum atomic E-state index is 11.7. The van der Waals surface area contributed by atoms with E-state index < -0.39 is 0 Å². The summed E-state index contributed by atoms with van der Waals surface area (Å²) in [6, 6.07) is 0. The molecule has 3 rings (SSSR count). The Bertz CT molecular complexity index is 382. The highest BCUT2D eigenvalue weighted by Crippen LogP contribution is 2.59. The molecule has 16 heavy (non-hydrogen) atoms. The zero-order chi connectivity index (χ0) is 11.3. The molecule has 2 fully saturated rings. The van der Waals surface area contributed by atoms with Crippen molar-refractivity contribution in [3.8, 4) is 0 Å². The van der Waals surface area contributed by atoms with Crippen LogP contribution in [0.1, 0.15) is 32.6 Å². The van der Waals surface area contributed by atoms with Crippen molar-refractivity contribution in [1.29, 1.82) is 0 Å². The van der Waals surface area contributed by atoms with Gasteiger partial charge < -0.3 is 4.74 Å². The molecule has 0 radical (unpaired) electrons. The molecule has 0 aromatic carbocycles. The second-order valence-corrected chi connectivity index (χ2v) is 5.55. The molecule has 4 unspecified atom stereocenters. The number of allylic oxidation sites excluding steroid dienone is 1. The van der Waals surface area contributed by atoms with E-state index in [0.29, 0.717) is 17.4 Å². The van der Waals surface area contributed by atoms with Crippen molar-refractivity contribution in [3.05, 3.63) is 24.3 Å². The van der Waals surface area contributed by atoms with Crippen molar-refractivity contribution >= 4 is 5.97 Å². The lowest BCUT2D eigenvalue weighted by Crippen LogP contribution is -2.37. The van der Waals surface area contributed by atoms with Gasteiger partial charge in [-0.2, -0.15) is 0 Å². The summed E-state index contributed by atoms with van der Waals surface area (Å²) < 4.78 is 5.74. The minimum atomic E-state index is -0.276. The molecule has 0 aliphatic heterocycles. The maximum absolute atomic E-state index is 11.7. The van der Waals surface area contributed by atoms with Gasteiger partial charge in [0.25, 0.3) is 0 Å². The van der Waals surface area contributed by atoms with E-state index in [2.05, 4.69) is 18.7 Å². The maximum Gasteiger partial charge on any atom is 0.333 e. The molecule has 2 heteroatoms. The van der Waals surface area contributed by atoms with Gasteiger partial charge in [-0.25, -0.2) is 4.79 Å². The van der Waals surface area contributed by atoms with Gasteiger partial charge in [-0.1, -0.05) is 19.1 Å². The molecule has 3 aliphatic carbocycles. The first-order chi connectivity index (χ1) is 7.62. The first kappa shape index (κ1) is 10.1. The summed E-state index contributed by atoms with van der Waals surface area (Å²) in [4.78, 5) is 11.7. The zero-order valence-electron chi connectivity index (χ0n) is 9.74. The van der Waals surface area contributed by atoms with Crippen molar-refractivity contribution in [1.82, 2.24) is 0 Å². The first-order valence-electron chi connectivity index (χ1n) is 6.20. The topological polar surface area (TPSA) is 26.3 Å². The minimum absolute atomic E-state index is 0.224. The lowest BCUT2D eigenvalue weighted by Gasteiger charge is -2.32. The number of hydrogen-bond acceptors (Lipinski definition) is 2. The second-order valence-electron chi connectivity index (χ2n) is 5.55. The molecule has 0 aromatic rings. The van der Waals surface area contributed by atoms with E-state index in [0.717, 1.165) is 12.3 Å². The number of carbonyl (C=O) groups is 1. The summed E-state index contributed by atoms with van der Waals surface area (Å²) in [5, 5.41) is 0. The fourth-order valence-electron chi connectivity index (χ4n) is 3.88. The molecule has 0 aromatic heterocycles. The molecule has 0 spiro atoms. The number of hydrogen-bond donors (Lipinski definition) is 0. The fraction of sp³-hybridized carbons (Fsp3) is 0.643. The summed E-state index contributed by atoms with van der Waals surface area (Å²) in [7, 11) is 0. The smallest absolute Gasteiger partial charge is 0.333 e. The summed E-state index contributed by atoms with van der Waals surface area (Å²) >= 11 is 0. The van der Waals surface area contributed by atoms with Crippen molar-refractivity contribution in [2.75, 3.05) is 0 Å². The molecule has 0 N–H and O–H groups in total. The summed E-state index contributed by atoms with van der Waals surface area (Å²) in [6.45, 7) is 5.38. The molecular weight excluding hydrogens is 200 g/mol. The summed E-state index contributed by atoms with van der Waals surface area (Å²) in [5.41, 5.74) is 0.231. The van der Waals surface area contributed by atoms with E-state index in [9.17, 15) is 4.79 Å². The SMILES string of the molecule is C=C(C)C(=O)OC12C=CC(C1)C1CCCC12. The highest BCUT2D eigenvalue weighted by atomic mass is 16.6. The van der Waals surface area contributed by atoms with Crippen LogP contribution in [0.4, 0.5) is 0 Å². The lowest BCUT2D eigenvalue weighted by atomic mass is 9.83. The van der Waals surface area contributed by atoms with Crippen LogP contribution in [0.15, 0.2) is 24.3 Å². The monoisotopic (exact) mass is 218 g/mol. The third kappa shape index (κ3) is 1.22. The average Bonchev–Trinajstić information content (AvgIpc) is 2.87. The largest absolute Gasteiger partial charge is 0.451 e. The summed E-state index contributed by atoms with van der Waals surface area (Å²) in [6.07, 6.45) is 9.24. The lowest BCUT2D eigenvalue weighted by molar-refractivity contribution is -0.153. The van der Waals surface area contributed by atoms with E-state index in [1.165, 1.54) is 19.3 Å². The molecule has 3 aliphatic rings. The average molecular weight is 218 g/mol. The van der Waals surface area contributed by atoms with E-state index in [1.54, 1.807) is 6.92 Å². The van der Waals surface area contributed by atoms with Gasteiger partial charge in [0, 0.05) is 11.5 Å². The van der Waals surface area contributed by atoms with Gasteiger partial charge in [0.2, 0.25) is 0 Å². The quantitative estimate of drug-likeness (QED) is 0.405. The van der Waals surface area contributed by atoms with Gasteiger partial charge in [0.1, 0.15) is 5.60 Å². The van der Waals surface area contributed by atoms with E-state index in [1.807, 2.05) is 0 Å². The Kier molecular flexibility index (Phi) is 2.04. The third-order valence-corrected chi connectivity index (χ3v) is 4.56. The van der Waals surface area contributed by atoms with Crippen LogP contribution in [-0.2, 0) is 9.53 Å². The Hall–Kier alpha value is -1.05. The Balaban J connectivity index is 1.85. The van der Waals surface area contributed by atoms with Crippen LogP contribution >= 0.6 is 0 Å². The Labute approximate surface area is 96.4 Å². The van der Waals surface area contributed by atoms with Crippen LogP contribution in [0.2, 0.25) is 0 Å². The highest BCUT2D eigenvalue weighted by molar-refractivity contribution is 5.87. The molecular formula is C14H18O2. The first-order valence-corrected chi connectivity index (χ1v) is 6.20. The van der Waals surface area contributed by atoms with Crippen LogP contribution in [0.25, 0.3) is 0 Å². The van der Waals surface area contributed by atoms with Crippen molar-refractivity contribution in [2.45, 2.75) is 38.2 Å². The predicted octanol–water partition coefficient (Wildman–Crippen LogP) is 2.85. The standard InChI is InChI=1S/C14H18O2/c1-9(2)13(15)16-14-7-6-10(8-14)11-4-3-5-12(11)14/h6-7,10-12H,1,3-5,8H2,2H3. The fourth-order valence-corrected chi connectivity index (χ4v) is 3.88. The number of rotatable bonds is 2. The Morgan fingerprint density at radius 3 is 3.06 bits per heavy atom. The Morgan fingerprint density at radius 1 is 1.50 bits per heavy atom. The van der Waals surface area contributed by atoms with Gasteiger partial charge in [-0.3, -0.25) is 0 Å². The van der Waals surface area contributed by atoms with Crippen molar-refractivity contribution in [3.63, 3.8) is 0 Å². The highest BCUT2D eigenvalue weighted by Gasteiger charge is 2.58. The third-order valence-electron chi connectivity index (χ3n) is 4.56. The number of carbonyl (C=O) groups excluding carboxylic acids is 1. The normalized spacial score (nSPS) is 43.4. The zero-order valence-corrected chi connectivity index (χ0v) is 9.74. The molecule has 2 bridgehead atoms. The molecule has 0 heterocycles. The van der Waals surface area contributed by atoms with Crippen molar-refractivity contribution < 1.29 is 9.53 Å². The van der Waals surface area contributed by atoms with Crippen LogP contribution < -0.4 is 0 Å². The predicted molar refractivity (Wildman–Crippen MR) is 61.7 cm³/mol. The molecule has 2 nitrogen and oxygen atoms in total. The minimum Gasteiger partial charge on any atom is -0.451 e. The van der Waals surface area contributed by atoms with Crippen LogP contribution in [0.3, 0.4) is 0 Å². The van der Waals surface area contributed by atoms with E-state index in [4.69, 9.17) is 4.74 Å². The molecule has 2 saturated carbocycles. The molecule has 4 atom stereocenters. The van der Waals surface area contributed by atoms with Gasteiger partial charge in [0.05, 0.1) is 0 Å². The molecule has 0 amide bonds. The number of fused-ring (bicyclic) bond motifs is 5. The molecule has 86 valence electrons. The second kappa shape index (κ2) is 3.22.